The van der Waals surface area contributed by atoms with E-state index in [-0.39, 0.29) is 42.0 Å². The van der Waals surface area contributed by atoms with E-state index in [4.69, 9.17) is 0 Å². The van der Waals surface area contributed by atoms with Gasteiger partial charge in [-0.05, 0) is 51.9 Å². The molecule has 0 bridgehead atoms. The van der Waals surface area contributed by atoms with E-state index in [2.05, 4.69) is 55.1 Å². The summed E-state index contributed by atoms with van der Waals surface area (Å²) in [5.74, 6) is 2.37. The molecule has 0 aliphatic carbocycles. The largest absolute Gasteiger partial charge is 0.357 e. The van der Waals surface area contributed by atoms with Gasteiger partial charge in [0.25, 0.3) is 0 Å². The first-order chi connectivity index (χ1) is 12.3. The van der Waals surface area contributed by atoms with Crippen LogP contribution in [-0.2, 0) is 4.79 Å². The van der Waals surface area contributed by atoms with Crippen LogP contribution in [0.15, 0.2) is 4.99 Å². The third-order valence-corrected chi connectivity index (χ3v) is 5.59. The molecule has 6 nitrogen and oxygen atoms in total. The molecule has 0 saturated carbocycles. The minimum Gasteiger partial charge on any atom is -0.357 e. The molecule has 2 aliphatic heterocycles. The van der Waals surface area contributed by atoms with E-state index in [0.717, 1.165) is 69.9 Å². The van der Waals surface area contributed by atoms with Crippen LogP contribution >= 0.6 is 24.0 Å². The van der Waals surface area contributed by atoms with Crippen LogP contribution in [0.4, 0.5) is 0 Å². The summed E-state index contributed by atoms with van der Waals surface area (Å²) in [5, 5.41) is 6.73. The third-order valence-electron chi connectivity index (χ3n) is 5.59. The van der Waals surface area contributed by atoms with Gasteiger partial charge in [-0.1, -0.05) is 13.8 Å². The fraction of sp³-hybridized carbons (Fsp3) is 0.900. The molecule has 0 aromatic carbocycles. The number of halogens is 1. The number of amides is 1. The molecule has 0 aromatic rings. The highest BCUT2D eigenvalue weighted by molar-refractivity contribution is 14.0. The highest BCUT2D eigenvalue weighted by Gasteiger charge is 2.32. The topological polar surface area (TPSA) is 60.0 Å². The van der Waals surface area contributed by atoms with Gasteiger partial charge in [0, 0.05) is 44.8 Å². The summed E-state index contributed by atoms with van der Waals surface area (Å²) in [6, 6.07) is 0. The van der Waals surface area contributed by atoms with Gasteiger partial charge in [-0.2, -0.15) is 0 Å². The fourth-order valence-electron chi connectivity index (χ4n) is 4.12. The quantitative estimate of drug-likeness (QED) is 0.339. The zero-order chi connectivity index (χ0) is 19.2. The van der Waals surface area contributed by atoms with Crippen molar-refractivity contribution in [2.75, 3.05) is 45.8 Å². The monoisotopic (exact) mass is 493 g/mol. The van der Waals surface area contributed by atoms with Crippen molar-refractivity contribution in [1.29, 1.82) is 0 Å². The van der Waals surface area contributed by atoms with Crippen LogP contribution in [0.1, 0.15) is 53.9 Å². The van der Waals surface area contributed by atoms with E-state index >= 15 is 0 Å². The number of carbonyl (C=O) groups excluding carboxylic acids is 1. The second-order valence-corrected chi connectivity index (χ2v) is 8.80. The molecule has 0 spiro atoms. The summed E-state index contributed by atoms with van der Waals surface area (Å²) in [5.41, 5.74) is 0.0537. The number of nitrogens with one attached hydrogen (secondary N) is 2. The molecule has 2 heterocycles. The summed E-state index contributed by atoms with van der Waals surface area (Å²) in [6.07, 6.45) is 3.56. The molecule has 2 saturated heterocycles. The number of likely N-dealkylation sites (tertiary alicyclic amines) is 2. The lowest BCUT2D eigenvalue weighted by Crippen LogP contribution is -2.57. The summed E-state index contributed by atoms with van der Waals surface area (Å²) >= 11 is 0. The number of piperidine rings is 1. The normalized spacial score (nSPS) is 24.5. The molecule has 2 N–H and O–H groups in total. The van der Waals surface area contributed by atoms with Gasteiger partial charge in [0.2, 0.25) is 5.91 Å². The minimum absolute atomic E-state index is 0. The number of guanidine groups is 1. The Morgan fingerprint density at radius 3 is 2.26 bits per heavy atom. The zero-order valence-corrected chi connectivity index (χ0v) is 20.2. The Morgan fingerprint density at radius 2 is 1.70 bits per heavy atom. The van der Waals surface area contributed by atoms with E-state index in [9.17, 15) is 4.79 Å². The van der Waals surface area contributed by atoms with Crippen molar-refractivity contribution in [3.63, 3.8) is 0 Å². The molecule has 2 unspecified atom stereocenters. The first-order valence-corrected chi connectivity index (χ1v) is 10.4. The number of hydrogen-bond donors (Lipinski definition) is 2. The van der Waals surface area contributed by atoms with Crippen molar-refractivity contribution in [2.45, 2.75) is 59.4 Å². The molecule has 2 fully saturated rings. The number of hydrogen-bond acceptors (Lipinski definition) is 3. The maximum Gasteiger partial charge on any atom is 0.244 e. The SMILES string of the molecule is CCNC(=NCC(=O)N1CCCC1)NCC(C)(C)N1CC(C)CC(C)C1.I. The Labute approximate surface area is 182 Å². The fourth-order valence-corrected chi connectivity index (χ4v) is 4.12. The number of rotatable bonds is 6. The van der Waals surface area contributed by atoms with E-state index in [1.165, 1.54) is 6.42 Å². The first-order valence-electron chi connectivity index (χ1n) is 10.4. The first kappa shape index (κ1) is 24.5. The highest BCUT2D eigenvalue weighted by Crippen LogP contribution is 2.26. The smallest absolute Gasteiger partial charge is 0.244 e. The van der Waals surface area contributed by atoms with E-state index in [1.54, 1.807) is 0 Å². The van der Waals surface area contributed by atoms with Crippen molar-refractivity contribution in [3.8, 4) is 0 Å². The van der Waals surface area contributed by atoms with Crippen LogP contribution in [0.3, 0.4) is 0 Å². The molecule has 2 rings (SSSR count). The standard InChI is InChI=1S/C20H39N5O.HI/c1-6-21-19(22-12-18(26)24-9-7-8-10-24)23-15-20(4,5)25-13-16(2)11-17(3)14-25;/h16-17H,6-15H2,1-5H3,(H2,21,22,23);1H. The number of carbonyl (C=O) groups is 1. The lowest BCUT2D eigenvalue weighted by Gasteiger charge is -2.45. The Morgan fingerprint density at radius 1 is 1.11 bits per heavy atom. The number of aliphatic imine (C=N–C) groups is 1. The van der Waals surface area contributed by atoms with E-state index < -0.39 is 0 Å². The predicted octanol–water partition coefficient (Wildman–Crippen LogP) is 2.54. The summed E-state index contributed by atoms with van der Waals surface area (Å²) < 4.78 is 0. The van der Waals surface area contributed by atoms with Crippen molar-refractivity contribution in [3.05, 3.63) is 0 Å². The van der Waals surface area contributed by atoms with Crippen LogP contribution in [0, 0.1) is 11.8 Å². The Bertz CT molecular complexity index is 481. The second-order valence-electron chi connectivity index (χ2n) is 8.80. The van der Waals surface area contributed by atoms with Crippen LogP contribution in [0.25, 0.3) is 0 Å². The average molecular weight is 493 g/mol. The van der Waals surface area contributed by atoms with Crippen LogP contribution < -0.4 is 10.6 Å². The molecular formula is C20H40IN5O. The molecule has 27 heavy (non-hydrogen) atoms. The van der Waals surface area contributed by atoms with Crippen LogP contribution in [0.5, 0.6) is 0 Å². The maximum absolute atomic E-state index is 12.2. The molecule has 1 amide bonds. The molecule has 2 aliphatic rings. The summed E-state index contributed by atoms with van der Waals surface area (Å²) in [4.78, 5) is 21.3. The lowest BCUT2D eigenvalue weighted by molar-refractivity contribution is -0.128. The molecule has 7 heteroatoms. The second kappa shape index (κ2) is 11.4. The Hall–Kier alpha value is -0.570. The van der Waals surface area contributed by atoms with Gasteiger partial charge < -0.3 is 15.5 Å². The third kappa shape index (κ3) is 7.75. The van der Waals surface area contributed by atoms with Gasteiger partial charge in [0.05, 0.1) is 0 Å². The molecule has 0 aromatic heterocycles. The van der Waals surface area contributed by atoms with Crippen molar-refractivity contribution in [1.82, 2.24) is 20.4 Å². The minimum atomic E-state index is 0. The van der Waals surface area contributed by atoms with E-state index in [1.807, 2.05) is 4.90 Å². The molecular weight excluding hydrogens is 453 g/mol. The van der Waals surface area contributed by atoms with Crippen LogP contribution in [-0.4, -0.2) is 73.0 Å². The number of nitrogens with zero attached hydrogens (tertiary/aromatic N) is 3. The maximum atomic E-state index is 12.2. The van der Waals surface area contributed by atoms with Gasteiger partial charge in [-0.3, -0.25) is 9.69 Å². The van der Waals surface area contributed by atoms with Crippen molar-refractivity contribution >= 4 is 35.8 Å². The highest BCUT2D eigenvalue weighted by atomic mass is 127. The zero-order valence-electron chi connectivity index (χ0n) is 17.9. The lowest BCUT2D eigenvalue weighted by atomic mass is 9.88. The van der Waals surface area contributed by atoms with Gasteiger partial charge in [-0.25, -0.2) is 4.99 Å². The van der Waals surface area contributed by atoms with E-state index in [0.29, 0.717) is 0 Å². The molecule has 158 valence electrons. The summed E-state index contributed by atoms with van der Waals surface area (Å²) in [6.45, 7) is 17.3. The van der Waals surface area contributed by atoms with Crippen LogP contribution in [0.2, 0.25) is 0 Å². The predicted molar refractivity (Wildman–Crippen MR) is 124 cm³/mol. The van der Waals surface area contributed by atoms with Gasteiger partial charge in [0.15, 0.2) is 5.96 Å². The Balaban J connectivity index is 0.00000364. The van der Waals surface area contributed by atoms with Gasteiger partial charge in [0.1, 0.15) is 6.54 Å². The average Bonchev–Trinajstić information content (AvgIpc) is 3.11. The summed E-state index contributed by atoms with van der Waals surface area (Å²) in [7, 11) is 0. The molecule has 2 atom stereocenters. The van der Waals surface area contributed by atoms with Gasteiger partial charge in [-0.15, -0.1) is 24.0 Å². The van der Waals surface area contributed by atoms with Crippen molar-refractivity contribution in [2.24, 2.45) is 16.8 Å². The van der Waals surface area contributed by atoms with Crippen molar-refractivity contribution < 1.29 is 4.79 Å². The van der Waals surface area contributed by atoms with Gasteiger partial charge >= 0.3 is 0 Å². The Kier molecular flexibility index (Phi) is 10.4. The molecule has 0 radical (unpaired) electrons.